The van der Waals surface area contributed by atoms with Crippen LogP contribution in [0, 0.1) is 0 Å². The lowest BCUT2D eigenvalue weighted by Crippen LogP contribution is -2.17. The van der Waals surface area contributed by atoms with Crippen LogP contribution in [0.25, 0.3) is 0 Å². The van der Waals surface area contributed by atoms with E-state index < -0.39 is 11.7 Å². The van der Waals surface area contributed by atoms with Crippen molar-refractivity contribution < 1.29 is 14.7 Å². The third-order valence-corrected chi connectivity index (χ3v) is 2.71. The number of aliphatic carboxylic acids is 1. The SMILES string of the molecule is Nc1nc(C(=NOc2ccc(Cl)cc2)C(=O)O)ns1. The van der Waals surface area contributed by atoms with Gasteiger partial charge in [0.2, 0.25) is 11.5 Å². The normalized spacial score (nSPS) is 11.3. The van der Waals surface area contributed by atoms with Gasteiger partial charge >= 0.3 is 5.97 Å². The van der Waals surface area contributed by atoms with Crippen molar-refractivity contribution >= 4 is 39.9 Å². The third-order valence-electron chi connectivity index (χ3n) is 1.91. The smallest absolute Gasteiger partial charge is 0.362 e. The fraction of sp³-hybridized carbons (Fsp3) is 0. The highest BCUT2D eigenvalue weighted by molar-refractivity contribution is 7.09. The first-order chi connectivity index (χ1) is 9.06. The molecule has 98 valence electrons. The van der Waals surface area contributed by atoms with Crippen LogP contribution in [-0.4, -0.2) is 26.1 Å². The Kier molecular flexibility index (Phi) is 3.93. The highest BCUT2D eigenvalue weighted by Crippen LogP contribution is 2.16. The molecule has 1 heterocycles. The predicted octanol–water partition coefficient (Wildman–Crippen LogP) is 1.64. The van der Waals surface area contributed by atoms with Crippen LogP contribution in [0.15, 0.2) is 29.4 Å². The van der Waals surface area contributed by atoms with Gasteiger partial charge in [0.05, 0.1) is 0 Å². The fourth-order valence-electron chi connectivity index (χ4n) is 1.10. The first kappa shape index (κ1) is 13.2. The number of hydrogen-bond donors (Lipinski definition) is 2. The number of halogens is 1. The van der Waals surface area contributed by atoms with Crippen LogP contribution < -0.4 is 10.6 Å². The van der Waals surface area contributed by atoms with Crippen LogP contribution in [0.5, 0.6) is 5.75 Å². The summed E-state index contributed by atoms with van der Waals surface area (Å²) in [5, 5.41) is 13.2. The lowest BCUT2D eigenvalue weighted by atomic mass is 10.3. The summed E-state index contributed by atoms with van der Waals surface area (Å²) < 4.78 is 3.76. The largest absolute Gasteiger partial charge is 0.476 e. The molecule has 19 heavy (non-hydrogen) atoms. The van der Waals surface area contributed by atoms with Crippen molar-refractivity contribution in [1.82, 2.24) is 9.36 Å². The van der Waals surface area contributed by atoms with Crippen LogP contribution in [0.1, 0.15) is 5.82 Å². The summed E-state index contributed by atoms with van der Waals surface area (Å²) in [6.45, 7) is 0. The number of oxime groups is 1. The summed E-state index contributed by atoms with van der Waals surface area (Å²) in [5.41, 5.74) is 4.95. The topological polar surface area (TPSA) is 111 Å². The highest BCUT2D eigenvalue weighted by atomic mass is 35.5. The van der Waals surface area contributed by atoms with E-state index in [1.165, 1.54) is 0 Å². The number of nitrogens with two attached hydrogens (primary N) is 1. The van der Waals surface area contributed by atoms with Gasteiger partial charge < -0.3 is 15.7 Å². The van der Waals surface area contributed by atoms with E-state index in [2.05, 4.69) is 14.5 Å². The molecule has 2 aromatic rings. The zero-order valence-corrected chi connectivity index (χ0v) is 10.9. The molecule has 9 heteroatoms. The Bertz CT molecular complexity index is 626. The van der Waals surface area contributed by atoms with Crippen molar-refractivity contribution in [2.24, 2.45) is 5.16 Å². The van der Waals surface area contributed by atoms with Gasteiger partial charge in [-0.25, -0.2) is 4.79 Å². The van der Waals surface area contributed by atoms with Gasteiger partial charge in [-0.2, -0.15) is 9.36 Å². The molecule has 0 amide bonds. The van der Waals surface area contributed by atoms with E-state index >= 15 is 0 Å². The summed E-state index contributed by atoms with van der Waals surface area (Å²) in [7, 11) is 0. The molecular formula is C10H7ClN4O3S. The van der Waals surface area contributed by atoms with E-state index in [-0.39, 0.29) is 11.0 Å². The van der Waals surface area contributed by atoms with Crippen molar-refractivity contribution in [2.45, 2.75) is 0 Å². The molecule has 0 aliphatic carbocycles. The van der Waals surface area contributed by atoms with E-state index in [1.54, 1.807) is 24.3 Å². The van der Waals surface area contributed by atoms with Crippen molar-refractivity contribution in [3.63, 3.8) is 0 Å². The van der Waals surface area contributed by atoms with E-state index in [0.717, 1.165) is 11.5 Å². The maximum Gasteiger partial charge on any atom is 0.362 e. The number of carboxylic acids is 1. The monoisotopic (exact) mass is 298 g/mol. The van der Waals surface area contributed by atoms with Gasteiger partial charge in [-0.1, -0.05) is 16.8 Å². The molecule has 0 saturated heterocycles. The standard InChI is InChI=1S/C10H7ClN4O3S/c11-5-1-3-6(4-2-5)18-14-7(9(16)17)8-13-10(12)19-15-8/h1-4H,(H,16,17)(H2,12,13,15). The fourth-order valence-corrected chi connectivity index (χ4v) is 1.66. The molecule has 0 bridgehead atoms. The van der Waals surface area contributed by atoms with Gasteiger partial charge in [0, 0.05) is 16.6 Å². The van der Waals surface area contributed by atoms with Crippen LogP contribution in [-0.2, 0) is 4.79 Å². The molecule has 3 N–H and O–H groups in total. The Labute approximate surface area is 116 Å². The van der Waals surface area contributed by atoms with Gasteiger partial charge in [-0.3, -0.25) is 0 Å². The maximum atomic E-state index is 11.0. The van der Waals surface area contributed by atoms with E-state index in [4.69, 9.17) is 27.3 Å². The summed E-state index contributed by atoms with van der Waals surface area (Å²) in [4.78, 5) is 19.7. The van der Waals surface area contributed by atoms with Crippen molar-refractivity contribution in [2.75, 3.05) is 5.73 Å². The van der Waals surface area contributed by atoms with Crippen LogP contribution >= 0.6 is 23.1 Å². The number of aromatic nitrogens is 2. The molecule has 1 aromatic carbocycles. The molecule has 0 saturated carbocycles. The van der Waals surface area contributed by atoms with Gasteiger partial charge in [0.25, 0.3) is 0 Å². The zero-order valence-electron chi connectivity index (χ0n) is 9.28. The van der Waals surface area contributed by atoms with Crippen LogP contribution in [0.3, 0.4) is 0 Å². The Morgan fingerprint density at radius 2 is 2.11 bits per heavy atom. The van der Waals surface area contributed by atoms with E-state index in [1.807, 2.05) is 0 Å². The molecule has 1 aromatic heterocycles. The number of nitrogens with zero attached hydrogens (tertiary/aromatic N) is 3. The molecule has 0 unspecified atom stereocenters. The van der Waals surface area contributed by atoms with E-state index in [0.29, 0.717) is 10.8 Å². The molecule has 0 atom stereocenters. The molecule has 0 aliphatic heterocycles. The van der Waals surface area contributed by atoms with Crippen LogP contribution in [0.2, 0.25) is 5.02 Å². The highest BCUT2D eigenvalue weighted by Gasteiger charge is 2.19. The van der Waals surface area contributed by atoms with Gasteiger partial charge in [0.1, 0.15) is 0 Å². The first-order valence-electron chi connectivity index (χ1n) is 4.89. The maximum absolute atomic E-state index is 11.0. The zero-order chi connectivity index (χ0) is 13.8. The summed E-state index contributed by atoms with van der Waals surface area (Å²) in [6.07, 6.45) is 0. The predicted molar refractivity (Wildman–Crippen MR) is 70.6 cm³/mol. The second-order valence-electron chi connectivity index (χ2n) is 3.25. The van der Waals surface area contributed by atoms with E-state index in [9.17, 15) is 4.79 Å². The summed E-state index contributed by atoms with van der Waals surface area (Å²) in [6, 6.07) is 6.28. The minimum atomic E-state index is -1.31. The average molecular weight is 299 g/mol. The molecule has 2 rings (SSSR count). The second-order valence-corrected chi connectivity index (χ2v) is 4.47. The first-order valence-corrected chi connectivity index (χ1v) is 6.05. The molecule has 0 spiro atoms. The van der Waals surface area contributed by atoms with Gasteiger partial charge in [0.15, 0.2) is 10.9 Å². The number of rotatable bonds is 4. The molecule has 0 radical (unpaired) electrons. The number of hydrogen-bond acceptors (Lipinski definition) is 7. The number of carboxylic acid groups (broad SMARTS) is 1. The lowest BCUT2D eigenvalue weighted by molar-refractivity contribution is -0.129. The summed E-state index contributed by atoms with van der Waals surface area (Å²) in [5.74, 6) is -1.07. The Hall–Kier alpha value is -2.19. The Morgan fingerprint density at radius 3 is 2.63 bits per heavy atom. The number of benzene rings is 1. The average Bonchev–Trinajstić information content (AvgIpc) is 2.78. The van der Waals surface area contributed by atoms with Crippen molar-refractivity contribution in [3.05, 3.63) is 35.1 Å². The number of nitrogen functional groups attached to an aromatic ring is 1. The number of anilines is 1. The molecule has 0 aliphatic rings. The Morgan fingerprint density at radius 1 is 1.42 bits per heavy atom. The molecular weight excluding hydrogens is 292 g/mol. The minimum Gasteiger partial charge on any atom is -0.476 e. The summed E-state index contributed by atoms with van der Waals surface area (Å²) >= 11 is 6.58. The van der Waals surface area contributed by atoms with Gasteiger partial charge in [-0.05, 0) is 24.3 Å². The minimum absolute atomic E-state index is 0.0936. The molecule has 0 fully saturated rings. The lowest BCUT2D eigenvalue weighted by Gasteiger charge is -1.99. The second kappa shape index (κ2) is 5.63. The quantitative estimate of drug-likeness (QED) is 0.655. The van der Waals surface area contributed by atoms with Gasteiger partial charge in [-0.15, -0.1) is 0 Å². The van der Waals surface area contributed by atoms with Crippen molar-refractivity contribution in [1.29, 1.82) is 0 Å². The van der Waals surface area contributed by atoms with Crippen molar-refractivity contribution in [3.8, 4) is 5.75 Å². The van der Waals surface area contributed by atoms with Crippen LogP contribution in [0.4, 0.5) is 5.13 Å². The molecule has 7 nitrogen and oxygen atoms in total. The number of carbonyl (C=O) groups is 1. The third kappa shape index (κ3) is 3.39. The Balaban J connectivity index is 2.22.